The van der Waals surface area contributed by atoms with Gasteiger partial charge in [0, 0.05) is 20.0 Å². The molecule has 1 aromatic heterocycles. The largest absolute Gasteiger partial charge is 0.446 e. The van der Waals surface area contributed by atoms with Crippen LogP contribution < -0.4 is 10.5 Å². The van der Waals surface area contributed by atoms with Gasteiger partial charge in [-0.05, 0) is 68.6 Å². The quantitative estimate of drug-likeness (QED) is 0.409. The van der Waals surface area contributed by atoms with Gasteiger partial charge in [0.2, 0.25) is 5.91 Å². The summed E-state index contributed by atoms with van der Waals surface area (Å²) in [6.45, 7) is 4.55. The number of allylic oxidation sites excluding steroid dienone is 5. The standard InChI is InChI=1S/C25H28BF6N3O3/c1-14(2)38-23(37)34-10-4-5-19(22-20(34)8-9-21(26)33-22)35(15(3)36)13-16-6-7-17(24(27,28)29)12-18(11-16)25(30,31)32/h7-9,11-12,14,19H,4-6,10,13,26H2,1-3H3. The zero-order valence-electron chi connectivity index (χ0n) is 21.4. The SMILES string of the molecule is Bc1ccc2c(n1)C(N(CC1=CC(C(F)(F)F)=CC(C(F)(F)F)=CC1)C(C)=O)CCCN2C(=O)OC(C)C. The summed E-state index contributed by atoms with van der Waals surface area (Å²) in [4.78, 5) is 32.9. The van der Waals surface area contributed by atoms with E-state index in [1.807, 2.05) is 0 Å². The first kappa shape index (κ1) is 29.3. The highest BCUT2D eigenvalue weighted by atomic mass is 19.4. The fourth-order valence-corrected chi connectivity index (χ4v) is 4.42. The Kier molecular flexibility index (Phi) is 8.67. The lowest BCUT2D eigenvalue weighted by molar-refractivity contribution is -0.131. The third kappa shape index (κ3) is 6.99. The van der Waals surface area contributed by atoms with Crippen LogP contribution in [0.3, 0.4) is 0 Å². The fraction of sp³-hybridized carbons (Fsp3) is 0.480. The molecule has 0 spiro atoms. The maximum absolute atomic E-state index is 13.6. The van der Waals surface area contributed by atoms with E-state index in [0.29, 0.717) is 42.0 Å². The zero-order chi connectivity index (χ0) is 28.4. The Labute approximate surface area is 217 Å². The molecule has 1 aliphatic carbocycles. The topological polar surface area (TPSA) is 62.7 Å². The molecule has 2 amide bonds. The molecule has 1 atom stereocenters. The highest BCUT2D eigenvalue weighted by Crippen LogP contribution is 2.39. The Morgan fingerprint density at radius 2 is 1.79 bits per heavy atom. The van der Waals surface area contributed by atoms with Crippen molar-refractivity contribution in [1.29, 1.82) is 0 Å². The minimum Gasteiger partial charge on any atom is -0.446 e. The van der Waals surface area contributed by atoms with Crippen molar-refractivity contribution in [1.82, 2.24) is 9.88 Å². The van der Waals surface area contributed by atoms with Crippen LogP contribution in [-0.2, 0) is 9.53 Å². The molecule has 0 bridgehead atoms. The third-order valence-electron chi connectivity index (χ3n) is 6.13. The molecule has 0 saturated carbocycles. The van der Waals surface area contributed by atoms with Crippen LogP contribution in [0.25, 0.3) is 0 Å². The molecule has 0 saturated heterocycles. The molecule has 0 fully saturated rings. The third-order valence-corrected chi connectivity index (χ3v) is 6.13. The Balaban J connectivity index is 2.03. The van der Waals surface area contributed by atoms with Gasteiger partial charge in [-0.25, -0.2) is 4.79 Å². The van der Waals surface area contributed by atoms with Crippen molar-refractivity contribution in [2.45, 2.75) is 64.5 Å². The average molecular weight is 543 g/mol. The Morgan fingerprint density at radius 3 is 2.37 bits per heavy atom. The van der Waals surface area contributed by atoms with Gasteiger partial charge in [0.1, 0.15) is 0 Å². The molecule has 1 aliphatic heterocycles. The second kappa shape index (κ2) is 11.2. The van der Waals surface area contributed by atoms with Crippen molar-refractivity contribution in [3.05, 3.63) is 52.8 Å². The summed E-state index contributed by atoms with van der Waals surface area (Å²) >= 11 is 0. The number of pyridine rings is 1. The second-order valence-corrected chi connectivity index (χ2v) is 9.51. The van der Waals surface area contributed by atoms with Crippen LogP contribution in [0.15, 0.2) is 47.1 Å². The first-order chi connectivity index (χ1) is 17.6. The summed E-state index contributed by atoms with van der Waals surface area (Å²) in [5, 5.41) is 0. The fourth-order valence-electron chi connectivity index (χ4n) is 4.42. The van der Waals surface area contributed by atoms with Gasteiger partial charge >= 0.3 is 18.4 Å². The van der Waals surface area contributed by atoms with Gasteiger partial charge < -0.3 is 9.64 Å². The number of carbonyl (C=O) groups is 2. The highest BCUT2D eigenvalue weighted by molar-refractivity contribution is 6.30. The molecule has 0 N–H and O–H groups in total. The minimum absolute atomic E-state index is 0.0162. The number of fused-ring (bicyclic) bond motifs is 1. The number of carbonyl (C=O) groups excluding carboxylic acids is 2. The number of nitrogens with zero attached hydrogens (tertiary/aromatic N) is 3. The first-order valence-electron chi connectivity index (χ1n) is 12.1. The maximum Gasteiger partial charge on any atom is 0.416 e. The summed E-state index contributed by atoms with van der Waals surface area (Å²) < 4.78 is 86.0. The number of rotatable bonds is 4. The first-order valence-corrected chi connectivity index (χ1v) is 12.1. The molecule has 3 rings (SSSR count). The molecular weight excluding hydrogens is 515 g/mol. The van der Waals surface area contributed by atoms with Gasteiger partial charge in [-0.1, -0.05) is 6.08 Å². The normalized spacial score (nSPS) is 18.5. The monoisotopic (exact) mass is 543 g/mol. The smallest absolute Gasteiger partial charge is 0.416 e. The van der Waals surface area contributed by atoms with E-state index in [-0.39, 0.29) is 30.8 Å². The van der Waals surface area contributed by atoms with E-state index in [4.69, 9.17) is 4.74 Å². The Hall–Kier alpha value is -3.25. The number of hydrogen-bond donors (Lipinski definition) is 0. The van der Waals surface area contributed by atoms with Crippen LogP contribution in [0.4, 0.5) is 36.8 Å². The van der Waals surface area contributed by atoms with E-state index in [1.165, 1.54) is 16.7 Å². The van der Waals surface area contributed by atoms with Gasteiger partial charge in [0.15, 0.2) is 7.85 Å². The van der Waals surface area contributed by atoms with Crippen molar-refractivity contribution >= 4 is 31.1 Å². The van der Waals surface area contributed by atoms with Crippen molar-refractivity contribution in [2.75, 3.05) is 18.0 Å². The van der Waals surface area contributed by atoms with Gasteiger partial charge in [0.25, 0.3) is 0 Å². The molecule has 1 unspecified atom stereocenters. The number of amides is 2. The highest BCUT2D eigenvalue weighted by Gasteiger charge is 2.39. The van der Waals surface area contributed by atoms with E-state index in [1.54, 1.807) is 33.8 Å². The van der Waals surface area contributed by atoms with Gasteiger partial charge in [-0.3, -0.25) is 14.7 Å². The van der Waals surface area contributed by atoms with Gasteiger partial charge in [-0.2, -0.15) is 26.3 Å². The summed E-state index contributed by atoms with van der Waals surface area (Å²) in [7, 11) is 1.72. The van der Waals surface area contributed by atoms with E-state index in [2.05, 4.69) is 4.98 Å². The lowest BCUT2D eigenvalue weighted by Gasteiger charge is -2.32. The molecule has 0 aromatic carbocycles. The zero-order valence-corrected chi connectivity index (χ0v) is 21.4. The molecule has 13 heteroatoms. The van der Waals surface area contributed by atoms with E-state index < -0.39 is 48.0 Å². The van der Waals surface area contributed by atoms with Gasteiger partial charge in [0.05, 0.1) is 34.7 Å². The lowest BCUT2D eigenvalue weighted by Crippen LogP contribution is -2.37. The van der Waals surface area contributed by atoms with Crippen LogP contribution >= 0.6 is 0 Å². The Bertz CT molecular complexity index is 1170. The van der Waals surface area contributed by atoms with E-state index in [9.17, 15) is 35.9 Å². The molecule has 38 heavy (non-hydrogen) atoms. The number of alkyl halides is 6. The molecule has 2 aliphatic rings. The molecular formula is C25H28BF6N3O3. The van der Waals surface area contributed by atoms with Gasteiger partial charge in [-0.15, -0.1) is 0 Å². The molecule has 2 heterocycles. The minimum atomic E-state index is -5.02. The molecule has 6 nitrogen and oxygen atoms in total. The van der Waals surface area contributed by atoms with Crippen LogP contribution in [0.5, 0.6) is 0 Å². The number of anilines is 1. The van der Waals surface area contributed by atoms with Crippen LogP contribution in [0.1, 0.15) is 51.8 Å². The van der Waals surface area contributed by atoms with Crippen molar-refractivity contribution in [2.24, 2.45) is 0 Å². The second-order valence-electron chi connectivity index (χ2n) is 9.51. The molecule has 206 valence electrons. The van der Waals surface area contributed by atoms with E-state index in [0.717, 1.165) is 0 Å². The van der Waals surface area contributed by atoms with Crippen molar-refractivity contribution in [3.63, 3.8) is 0 Å². The summed E-state index contributed by atoms with van der Waals surface area (Å²) in [5.74, 6) is -0.495. The molecule has 0 radical (unpaired) electrons. The summed E-state index contributed by atoms with van der Waals surface area (Å²) in [6, 6.07) is 2.63. The predicted molar refractivity (Wildman–Crippen MR) is 132 cm³/mol. The van der Waals surface area contributed by atoms with Crippen molar-refractivity contribution in [3.8, 4) is 0 Å². The van der Waals surface area contributed by atoms with E-state index >= 15 is 0 Å². The average Bonchev–Trinajstić information content (AvgIpc) is 3.11. The number of halogens is 6. The number of aromatic nitrogens is 1. The number of ether oxygens (including phenoxy) is 1. The lowest BCUT2D eigenvalue weighted by atomic mass is 9.99. The predicted octanol–water partition coefficient (Wildman–Crippen LogP) is 4.68. The van der Waals surface area contributed by atoms with Crippen LogP contribution in [-0.4, -0.2) is 61.3 Å². The van der Waals surface area contributed by atoms with Crippen LogP contribution in [0.2, 0.25) is 0 Å². The number of hydrogen-bond acceptors (Lipinski definition) is 4. The van der Waals surface area contributed by atoms with Crippen LogP contribution in [0, 0.1) is 0 Å². The Morgan fingerprint density at radius 1 is 1.13 bits per heavy atom. The maximum atomic E-state index is 13.6. The summed E-state index contributed by atoms with van der Waals surface area (Å²) in [5.41, 5.74) is -1.51. The summed E-state index contributed by atoms with van der Waals surface area (Å²) in [6.07, 6.45) is -9.22. The van der Waals surface area contributed by atoms with Crippen molar-refractivity contribution < 1.29 is 40.7 Å². The molecule has 1 aromatic rings.